The van der Waals surface area contributed by atoms with Gasteiger partial charge in [-0.05, 0) is 56.8 Å². The quantitative estimate of drug-likeness (QED) is 0.364. The van der Waals surface area contributed by atoms with Crippen LogP contribution in [0.2, 0.25) is 5.02 Å². The lowest BCUT2D eigenvalue weighted by Gasteiger charge is -2.26. The normalized spacial score (nSPS) is 17.9. The summed E-state index contributed by atoms with van der Waals surface area (Å²) in [6, 6.07) is 11.9. The summed E-state index contributed by atoms with van der Waals surface area (Å²) in [6.45, 7) is 5.32. The molecule has 0 aliphatic carbocycles. The van der Waals surface area contributed by atoms with E-state index < -0.39 is 17.7 Å². The number of hydrogen-bond donors (Lipinski definition) is 1. The number of nitrogens with zero attached hydrogens (tertiary/aromatic N) is 2. The Bertz CT molecular complexity index is 1030. The minimum Gasteiger partial charge on any atom is -0.507 e. The molecule has 0 spiro atoms. The maximum atomic E-state index is 13.1. The number of aliphatic hydroxyl groups is 1. The van der Waals surface area contributed by atoms with Gasteiger partial charge >= 0.3 is 0 Å². The number of carbonyl (C=O) groups is 2. The minimum absolute atomic E-state index is 0.0678. The molecule has 32 heavy (non-hydrogen) atoms. The highest BCUT2D eigenvalue weighted by molar-refractivity contribution is 6.46. The van der Waals surface area contributed by atoms with Crippen LogP contribution in [0.3, 0.4) is 0 Å². The number of hydrogen-bond acceptors (Lipinski definition) is 5. The van der Waals surface area contributed by atoms with Gasteiger partial charge < -0.3 is 19.6 Å². The van der Waals surface area contributed by atoms with Crippen LogP contribution in [0.1, 0.15) is 36.6 Å². The van der Waals surface area contributed by atoms with Crippen molar-refractivity contribution in [3.63, 3.8) is 0 Å². The van der Waals surface area contributed by atoms with Crippen LogP contribution in [-0.4, -0.2) is 60.4 Å². The summed E-state index contributed by atoms with van der Waals surface area (Å²) in [5, 5.41) is 11.5. The minimum atomic E-state index is -0.698. The van der Waals surface area contributed by atoms with Crippen LogP contribution >= 0.6 is 11.6 Å². The van der Waals surface area contributed by atoms with Crippen molar-refractivity contribution < 1.29 is 19.4 Å². The largest absolute Gasteiger partial charge is 0.507 e. The molecule has 0 aromatic heterocycles. The number of aryl methyl sites for hydroxylation is 1. The molecule has 2 aromatic rings. The number of likely N-dealkylation sites (N-methyl/N-ethyl adjacent to an activating group) is 1. The molecule has 6 nitrogen and oxygen atoms in total. The highest BCUT2D eigenvalue weighted by atomic mass is 35.5. The second-order valence-corrected chi connectivity index (χ2v) is 8.38. The molecule has 1 amide bonds. The van der Waals surface area contributed by atoms with Crippen molar-refractivity contribution >= 4 is 29.1 Å². The molecule has 0 unspecified atom stereocenters. The molecule has 1 atom stereocenters. The third-order valence-electron chi connectivity index (χ3n) is 5.54. The number of ketones is 1. The molecule has 0 radical (unpaired) electrons. The van der Waals surface area contributed by atoms with E-state index in [0.29, 0.717) is 36.0 Å². The first kappa shape index (κ1) is 23.8. The van der Waals surface area contributed by atoms with Gasteiger partial charge in [0.1, 0.15) is 11.5 Å². The number of amides is 1. The summed E-state index contributed by atoms with van der Waals surface area (Å²) < 4.78 is 5.46. The predicted octanol–water partition coefficient (Wildman–Crippen LogP) is 4.28. The fourth-order valence-electron chi connectivity index (χ4n) is 3.78. The van der Waals surface area contributed by atoms with E-state index in [4.69, 9.17) is 16.3 Å². The third kappa shape index (κ3) is 4.81. The second-order valence-electron chi connectivity index (χ2n) is 7.97. The Hall–Kier alpha value is -2.83. The van der Waals surface area contributed by atoms with Gasteiger partial charge in [0.15, 0.2) is 0 Å². The van der Waals surface area contributed by atoms with Gasteiger partial charge in [-0.15, -0.1) is 0 Å². The van der Waals surface area contributed by atoms with Crippen molar-refractivity contribution in [2.45, 2.75) is 26.3 Å². The first-order valence-corrected chi connectivity index (χ1v) is 11.1. The van der Waals surface area contributed by atoms with Crippen LogP contribution in [0.25, 0.3) is 5.76 Å². The van der Waals surface area contributed by atoms with Gasteiger partial charge in [-0.1, -0.05) is 42.8 Å². The number of rotatable bonds is 8. The molecule has 170 valence electrons. The summed E-state index contributed by atoms with van der Waals surface area (Å²) in [5.41, 5.74) is 2.36. The number of likely N-dealkylation sites (tertiary alicyclic amines) is 1. The summed E-state index contributed by atoms with van der Waals surface area (Å²) in [5.74, 6) is -1.07. The molecular formula is C25H29ClN2O4. The zero-order valence-electron chi connectivity index (χ0n) is 18.9. The van der Waals surface area contributed by atoms with E-state index in [0.717, 1.165) is 17.5 Å². The Kier molecular flexibility index (Phi) is 7.59. The van der Waals surface area contributed by atoms with E-state index in [1.54, 1.807) is 18.2 Å². The maximum absolute atomic E-state index is 13.1. The summed E-state index contributed by atoms with van der Waals surface area (Å²) in [7, 11) is 3.81. The van der Waals surface area contributed by atoms with Crippen LogP contribution in [0, 0.1) is 0 Å². The highest BCUT2D eigenvalue weighted by Crippen LogP contribution is 2.40. The predicted molar refractivity (Wildman–Crippen MR) is 126 cm³/mol. The highest BCUT2D eigenvalue weighted by Gasteiger charge is 2.45. The number of Topliss-reactive ketones (excluding diaryl/α,β-unsaturated/α-hetero) is 1. The average Bonchev–Trinajstić information content (AvgIpc) is 3.03. The zero-order chi connectivity index (χ0) is 23.4. The van der Waals surface area contributed by atoms with Crippen LogP contribution < -0.4 is 4.74 Å². The maximum Gasteiger partial charge on any atom is 0.295 e. The lowest BCUT2D eigenvalue weighted by Crippen LogP contribution is -2.35. The molecule has 2 aromatic carbocycles. The first-order valence-electron chi connectivity index (χ1n) is 10.7. The van der Waals surface area contributed by atoms with Crippen molar-refractivity contribution in [3.05, 3.63) is 69.8 Å². The number of benzene rings is 2. The molecule has 3 rings (SSSR count). The lowest BCUT2D eigenvalue weighted by molar-refractivity contribution is -0.140. The Morgan fingerprint density at radius 3 is 2.38 bits per heavy atom. The SMILES string of the molecule is CCOc1ccc(C(O)=C2C(=O)C(=O)N(CCN(C)C)[C@H]2c2ccc(CC)cc2)cc1Cl. The fourth-order valence-corrected chi connectivity index (χ4v) is 4.01. The molecule has 1 aliphatic rings. The van der Waals surface area contributed by atoms with Gasteiger partial charge in [0, 0.05) is 18.7 Å². The second kappa shape index (κ2) is 10.2. The van der Waals surface area contributed by atoms with E-state index in [1.807, 2.05) is 50.2 Å². The van der Waals surface area contributed by atoms with Crippen LogP contribution in [0.4, 0.5) is 0 Å². The van der Waals surface area contributed by atoms with Gasteiger partial charge in [0.2, 0.25) is 0 Å². The van der Waals surface area contributed by atoms with Crippen molar-refractivity contribution in [2.75, 3.05) is 33.8 Å². The molecule has 1 aliphatic heterocycles. The fraction of sp³-hybridized carbons (Fsp3) is 0.360. The number of halogens is 1. The summed E-state index contributed by atoms with van der Waals surface area (Å²) in [4.78, 5) is 29.5. The zero-order valence-corrected chi connectivity index (χ0v) is 19.6. The summed E-state index contributed by atoms with van der Waals surface area (Å²) in [6.07, 6.45) is 0.881. The van der Waals surface area contributed by atoms with E-state index in [9.17, 15) is 14.7 Å². The Morgan fingerprint density at radius 2 is 1.81 bits per heavy atom. The van der Waals surface area contributed by atoms with Gasteiger partial charge in [0.25, 0.3) is 11.7 Å². The van der Waals surface area contributed by atoms with E-state index in [-0.39, 0.29) is 11.3 Å². The number of ether oxygens (including phenoxy) is 1. The smallest absolute Gasteiger partial charge is 0.295 e. The van der Waals surface area contributed by atoms with Crippen LogP contribution in [0.15, 0.2) is 48.0 Å². The van der Waals surface area contributed by atoms with Gasteiger partial charge in [-0.25, -0.2) is 0 Å². The standard InChI is InChI=1S/C25H29ClN2O4/c1-5-16-7-9-17(10-8-16)22-21(24(30)25(31)28(22)14-13-27(3)4)23(29)18-11-12-20(32-6-2)19(26)15-18/h7-12,15,22,29H,5-6,13-14H2,1-4H3/t22-/m0/s1. The molecular weight excluding hydrogens is 428 g/mol. The Balaban J connectivity index is 2.12. The molecule has 0 bridgehead atoms. The van der Waals surface area contributed by atoms with Crippen LogP contribution in [-0.2, 0) is 16.0 Å². The third-order valence-corrected chi connectivity index (χ3v) is 5.83. The van der Waals surface area contributed by atoms with E-state index in [2.05, 4.69) is 6.92 Å². The van der Waals surface area contributed by atoms with Crippen molar-refractivity contribution in [1.29, 1.82) is 0 Å². The van der Waals surface area contributed by atoms with Crippen molar-refractivity contribution in [1.82, 2.24) is 9.80 Å². The average molecular weight is 457 g/mol. The monoisotopic (exact) mass is 456 g/mol. The molecule has 0 saturated carbocycles. The van der Waals surface area contributed by atoms with Gasteiger partial charge in [-0.3, -0.25) is 9.59 Å². The Morgan fingerprint density at radius 1 is 1.12 bits per heavy atom. The Labute approximate surface area is 194 Å². The van der Waals surface area contributed by atoms with Crippen molar-refractivity contribution in [2.24, 2.45) is 0 Å². The lowest BCUT2D eigenvalue weighted by atomic mass is 9.94. The number of aliphatic hydroxyl groups excluding tert-OH is 1. The molecule has 1 N–H and O–H groups in total. The topological polar surface area (TPSA) is 70.1 Å². The first-order chi connectivity index (χ1) is 15.3. The van der Waals surface area contributed by atoms with Crippen LogP contribution in [0.5, 0.6) is 5.75 Å². The molecule has 1 fully saturated rings. The molecule has 1 saturated heterocycles. The van der Waals surface area contributed by atoms with E-state index in [1.165, 1.54) is 4.90 Å². The van der Waals surface area contributed by atoms with Crippen molar-refractivity contribution in [3.8, 4) is 5.75 Å². The van der Waals surface area contributed by atoms with E-state index >= 15 is 0 Å². The van der Waals surface area contributed by atoms with Gasteiger partial charge in [-0.2, -0.15) is 0 Å². The summed E-state index contributed by atoms with van der Waals surface area (Å²) >= 11 is 6.30. The van der Waals surface area contributed by atoms with Gasteiger partial charge in [0.05, 0.1) is 23.2 Å². The number of carbonyl (C=O) groups excluding carboxylic acids is 2. The molecule has 1 heterocycles. The molecule has 7 heteroatoms.